The van der Waals surface area contributed by atoms with Gasteiger partial charge in [-0.15, -0.1) is 0 Å². The molecule has 0 saturated heterocycles. The molecule has 0 atom stereocenters. The van der Waals surface area contributed by atoms with E-state index in [-0.39, 0.29) is 20.3 Å². The molecule has 1 aromatic carbocycles. The number of halogens is 2. The molecule has 2 heterocycles. The Balaban J connectivity index is 2.11. The SMILES string of the molecule is CC[Si]1(CC)C2=CC(=O)C=CC2=Nc2ccc(O)c(-c3cc(I)c(Br)[se]3)c21. The van der Waals surface area contributed by atoms with Gasteiger partial charge in [0.05, 0.1) is 0 Å². The molecule has 1 aliphatic heterocycles. The number of fused-ring (bicyclic) bond motifs is 2. The Morgan fingerprint density at radius 1 is 1.26 bits per heavy atom. The summed E-state index contributed by atoms with van der Waals surface area (Å²) in [7, 11) is -2.21. The first-order valence-electron chi connectivity index (χ1n) is 8.76. The van der Waals surface area contributed by atoms with Crippen LogP contribution in [0.4, 0.5) is 5.69 Å². The molecule has 138 valence electrons. The predicted molar refractivity (Wildman–Crippen MR) is 127 cm³/mol. The molecule has 27 heavy (non-hydrogen) atoms. The molecule has 0 spiro atoms. The molecule has 1 aliphatic carbocycles. The zero-order valence-electron chi connectivity index (χ0n) is 14.8. The third kappa shape index (κ3) is 3.02. The number of hydrogen-bond acceptors (Lipinski definition) is 3. The van der Waals surface area contributed by atoms with Crippen LogP contribution in [-0.2, 0) is 4.79 Å². The van der Waals surface area contributed by atoms with Gasteiger partial charge in [-0.1, -0.05) is 0 Å². The van der Waals surface area contributed by atoms with Crippen LogP contribution in [0, 0.1) is 3.57 Å². The summed E-state index contributed by atoms with van der Waals surface area (Å²) >= 11 is 6.14. The van der Waals surface area contributed by atoms with E-state index in [4.69, 9.17) is 4.99 Å². The number of allylic oxidation sites excluding steroid dienone is 4. The summed E-state index contributed by atoms with van der Waals surface area (Å²) in [6, 6.07) is 7.83. The molecule has 0 saturated carbocycles. The second-order valence-corrected chi connectivity index (χ2v) is 16.6. The second-order valence-electron chi connectivity index (χ2n) is 6.67. The Morgan fingerprint density at radius 2 is 2.00 bits per heavy atom. The van der Waals surface area contributed by atoms with Crippen molar-refractivity contribution in [3.8, 4) is 15.8 Å². The van der Waals surface area contributed by atoms with Crippen molar-refractivity contribution >= 4 is 83.5 Å². The van der Waals surface area contributed by atoms with Crippen LogP contribution in [0.2, 0.25) is 12.1 Å². The van der Waals surface area contributed by atoms with Gasteiger partial charge < -0.3 is 0 Å². The fraction of sp³-hybridized carbons (Fsp3) is 0.200. The first-order valence-corrected chi connectivity index (χ1v) is 14.8. The maximum absolute atomic E-state index is 12.2. The average Bonchev–Trinajstić information content (AvgIpc) is 2.99. The van der Waals surface area contributed by atoms with Crippen molar-refractivity contribution < 1.29 is 9.90 Å². The van der Waals surface area contributed by atoms with E-state index in [0.29, 0.717) is 5.75 Å². The monoisotopic (exact) mass is 617 g/mol. The van der Waals surface area contributed by atoms with E-state index in [1.807, 2.05) is 12.1 Å². The van der Waals surface area contributed by atoms with E-state index in [0.717, 1.165) is 34.2 Å². The Bertz CT molecular complexity index is 1050. The molecule has 0 fully saturated rings. The molecular formula is C20H17BrINO2SeSi. The van der Waals surface area contributed by atoms with Crippen LogP contribution >= 0.6 is 38.5 Å². The van der Waals surface area contributed by atoms with E-state index in [1.165, 1.54) is 16.5 Å². The van der Waals surface area contributed by atoms with Crippen LogP contribution in [0.1, 0.15) is 13.8 Å². The summed E-state index contributed by atoms with van der Waals surface area (Å²) in [6.45, 7) is 4.43. The standard InChI is InChI=1S/C20H17BrINO2SeSi/c1-3-27(4-2)17-9-11(24)5-6-13(17)23-14-7-8-15(25)18(19(14)27)16-10-12(22)20(21)26-16/h5-10,25H,3-4H2,1-2H3. The van der Waals surface area contributed by atoms with Gasteiger partial charge in [0.15, 0.2) is 0 Å². The molecule has 7 heteroatoms. The van der Waals surface area contributed by atoms with Gasteiger partial charge in [-0.3, -0.25) is 0 Å². The number of aliphatic imine (C=N–C) groups is 1. The van der Waals surface area contributed by atoms with E-state index in [1.54, 1.807) is 18.2 Å². The number of rotatable bonds is 3. The Morgan fingerprint density at radius 3 is 2.63 bits per heavy atom. The molecular weight excluding hydrogens is 600 g/mol. The number of aromatic hydroxyl groups is 1. The first kappa shape index (κ1) is 19.6. The number of hydrogen-bond donors (Lipinski definition) is 1. The molecule has 1 aromatic heterocycles. The van der Waals surface area contributed by atoms with E-state index in [9.17, 15) is 9.90 Å². The van der Waals surface area contributed by atoms with Gasteiger partial charge in [-0.2, -0.15) is 0 Å². The van der Waals surface area contributed by atoms with Crippen LogP contribution in [0.25, 0.3) is 10.0 Å². The molecule has 0 radical (unpaired) electrons. The predicted octanol–water partition coefficient (Wildman–Crippen LogP) is 4.87. The molecule has 2 aromatic rings. The Labute approximate surface area is 187 Å². The zero-order chi connectivity index (χ0) is 19.3. The Kier molecular flexibility index (Phi) is 5.26. The minimum atomic E-state index is -2.21. The Hall–Kier alpha value is -0.734. The minimum absolute atomic E-state index is 0.0381. The molecule has 1 N–H and O–H groups in total. The number of benzene rings is 1. The number of carbonyl (C=O) groups is 1. The zero-order valence-corrected chi connectivity index (χ0v) is 21.3. The summed E-state index contributed by atoms with van der Waals surface area (Å²) in [6.07, 6.45) is 5.26. The average molecular weight is 617 g/mol. The quantitative estimate of drug-likeness (QED) is 0.304. The van der Waals surface area contributed by atoms with Crippen LogP contribution in [0.3, 0.4) is 0 Å². The summed E-state index contributed by atoms with van der Waals surface area (Å²) in [5.41, 5.74) is 2.84. The molecule has 4 rings (SSSR count). The van der Waals surface area contributed by atoms with E-state index in [2.05, 4.69) is 58.4 Å². The van der Waals surface area contributed by atoms with Crippen molar-refractivity contribution in [3.63, 3.8) is 0 Å². The van der Waals surface area contributed by atoms with Crippen molar-refractivity contribution in [3.05, 3.63) is 48.5 Å². The van der Waals surface area contributed by atoms with Crippen LogP contribution in [-0.4, -0.2) is 39.2 Å². The molecule has 3 nitrogen and oxygen atoms in total. The summed E-state index contributed by atoms with van der Waals surface area (Å²) in [5.74, 6) is 0.361. The summed E-state index contributed by atoms with van der Waals surface area (Å²) in [5, 5.41) is 13.2. The van der Waals surface area contributed by atoms with Gasteiger partial charge in [-0.25, -0.2) is 0 Å². The topological polar surface area (TPSA) is 49.7 Å². The molecule has 0 bridgehead atoms. The van der Waals surface area contributed by atoms with Crippen molar-refractivity contribution in [2.24, 2.45) is 4.99 Å². The van der Waals surface area contributed by atoms with Crippen molar-refractivity contribution in [1.29, 1.82) is 0 Å². The van der Waals surface area contributed by atoms with Gasteiger partial charge in [-0.05, 0) is 0 Å². The number of carbonyl (C=O) groups excluding carboxylic acids is 1. The fourth-order valence-corrected chi connectivity index (χ4v) is 13.1. The molecule has 0 amide bonds. The van der Waals surface area contributed by atoms with Crippen molar-refractivity contribution in [2.75, 3.05) is 0 Å². The maximum atomic E-state index is 12.2. The normalized spacial score (nSPS) is 17.3. The molecule has 0 unspecified atom stereocenters. The van der Waals surface area contributed by atoms with Crippen molar-refractivity contribution in [2.45, 2.75) is 25.9 Å². The van der Waals surface area contributed by atoms with E-state index < -0.39 is 8.07 Å². The van der Waals surface area contributed by atoms with Crippen LogP contribution in [0.15, 0.2) is 50.0 Å². The first-order chi connectivity index (χ1) is 12.9. The number of nitrogens with zero attached hydrogens (tertiary/aromatic N) is 1. The van der Waals surface area contributed by atoms with Gasteiger partial charge >= 0.3 is 189 Å². The van der Waals surface area contributed by atoms with Crippen LogP contribution in [0.5, 0.6) is 5.75 Å². The second kappa shape index (κ2) is 7.26. The van der Waals surface area contributed by atoms with Gasteiger partial charge in [0.25, 0.3) is 0 Å². The summed E-state index contributed by atoms with van der Waals surface area (Å²) < 4.78 is 3.58. The third-order valence-corrected chi connectivity index (χ3v) is 16.4. The van der Waals surface area contributed by atoms with Gasteiger partial charge in [0, 0.05) is 0 Å². The van der Waals surface area contributed by atoms with Crippen LogP contribution < -0.4 is 5.19 Å². The number of phenols is 1. The third-order valence-electron chi connectivity index (χ3n) is 5.46. The summed E-state index contributed by atoms with van der Waals surface area (Å²) in [4.78, 5) is 17.1. The van der Waals surface area contributed by atoms with Gasteiger partial charge in [0.2, 0.25) is 0 Å². The van der Waals surface area contributed by atoms with Gasteiger partial charge in [0.1, 0.15) is 0 Å². The molecule has 2 aliphatic rings. The number of ketones is 1. The van der Waals surface area contributed by atoms with E-state index >= 15 is 0 Å². The number of phenolic OH excluding ortho intramolecular Hbond substituents is 1. The van der Waals surface area contributed by atoms with Crippen molar-refractivity contribution in [1.82, 2.24) is 0 Å². The fourth-order valence-electron chi connectivity index (χ4n) is 4.12.